The minimum absolute atomic E-state index is 0.0676. The molecule has 3 aromatic carbocycles. The fourth-order valence-corrected chi connectivity index (χ4v) is 3.13. The van der Waals surface area contributed by atoms with Crippen LogP contribution in [0.15, 0.2) is 54.6 Å². The number of anilines is 1. The van der Waals surface area contributed by atoms with Gasteiger partial charge in [-0.3, -0.25) is 4.79 Å². The van der Waals surface area contributed by atoms with E-state index in [9.17, 15) is 38.5 Å². The van der Waals surface area contributed by atoms with Crippen molar-refractivity contribution < 1.29 is 43.6 Å². The van der Waals surface area contributed by atoms with E-state index in [0.29, 0.717) is 0 Å². The van der Waals surface area contributed by atoms with Gasteiger partial charge in [0.2, 0.25) is 0 Å². The van der Waals surface area contributed by atoms with Crippen molar-refractivity contribution in [1.82, 2.24) is 0 Å². The number of aliphatic hydroxyl groups is 2. The van der Waals surface area contributed by atoms with Gasteiger partial charge in [-0.2, -0.15) is 0 Å². The number of nitrogens with one attached hydrogen (secondary N) is 1. The second-order valence-electron chi connectivity index (χ2n) is 6.96. The number of aromatic carboxylic acids is 2. The lowest BCUT2D eigenvalue weighted by atomic mass is 9.99. The van der Waals surface area contributed by atoms with Gasteiger partial charge in [-0.1, -0.05) is 18.2 Å². The molecule has 8 nitrogen and oxygen atoms in total. The average molecular weight is 457 g/mol. The van der Waals surface area contributed by atoms with Crippen LogP contribution < -0.4 is 5.32 Å². The molecule has 10 heteroatoms. The van der Waals surface area contributed by atoms with Gasteiger partial charge < -0.3 is 25.7 Å². The van der Waals surface area contributed by atoms with Crippen LogP contribution in [0.25, 0.3) is 11.1 Å². The molecular weight excluding hydrogens is 440 g/mol. The molecule has 3 rings (SSSR count). The fourth-order valence-electron chi connectivity index (χ4n) is 3.13. The predicted octanol–water partition coefficient (Wildman–Crippen LogP) is 3.31. The molecule has 1 atom stereocenters. The molecule has 0 heterocycles. The summed E-state index contributed by atoms with van der Waals surface area (Å²) in [6.07, 6.45) is -1.35. The number of aliphatic hydroxyl groups excluding tert-OH is 2. The first-order valence-electron chi connectivity index (χ1n) is 9.42. The van der Waals surface area contributed by atoms with Crippen molar-refractivity contribution in [1.29, 1.82) is 0 Å². The minimum atomic E-state index is -1.49. The van der Waals surface area contributed by atoms with E-state index in [1.54, 1.807) is 0 Å². The molecule has 0 spiro atoms. The summed E-state index contributed by atoms with van der Waals surface area (Å²) in [7, 11) is 0. The number of amides is 1. The minimum Gasteiger partial charge on any atom is -0.478 e. The van der Waals surface area contributed by atoms with Crippen LogP contribution in [0, 0.1) is 11.6 Å². The molecule has 1 amide bonds. The molecule has 0 fully saturated rings. The van der Waals surface area contributed by atoms with Crippen LogP contribution in [0.4, 0.5) is 14.5 Å². The van der Waals surface area contributed by atoms with Crippen molar-refractivity contribution in [3.05, 3.63) is 88.5 Å². The molecule has 0 bridgehead atoms. The van der Waals surface area contributed by atoms with Gasteiger partial charge in [-0.25, -0.2) is 18.4 Å². The zero-order valence-electron chi connectivity index (χ0n) is 16.8. The SMILES string of the molecule is O=C(O)c1ccc(-c2ccc(F)c(F)c2)cc1NC(=O)c1ccc(C(O)CO)cc1C(=O)O. The van der Waals surface area contributed by atoms with Crippen molar-refractivity contribution >= 4 is 23.5 Å². The van der Waals surface area contributed by atoms with Crippen molar-refractivity contribution in [2.24, 2.45) is 0 Å². The number of carboxylic acids is 2. The Labute approximate surface area is 185 Å². The maximum atomic E-state index is 13.6. The Hall–Kier alpha value is -4.15. The van der Waals surface area contributed by atoms with Crippen molar-refractivity contribution in [2.45, 2.75) is 6.10 Å². The van der Waals surface area contributed by atoms with Gasteiger partial charge in [-0.05, 0) is 53.1 Å². The van der Waals surface area contributed by atoms with Crippen molar-refractivity contribution in [2.75, 3.05) is 11.9 Å². The fraction of sp³-hybridized carbons (Fsp3) is 0.0870. The van der Waals surface area contributed by atoms with E-state index in [1.165, 1.54) is 24.3 Å². The van der Waals surface area contributed by atoms with Gasteiger partial charge in [0.05, 0.1) is 29.0 Å². The molecule has 0 aliphatic carbocycles. The van der Waals surface area contributed by atoms with Gasteiger partial charge in [-0.15, -0.1) is 0 Å². The number of benzene rings is 3. The van der Waals surface area contributed by atoms with E-state index >= 15 is 0 Å². The molecule has 0 aromatic heterocycles. The van der Waals surface area contributed by atoms with Gasteiger partial charge in [0.1, 0.15) is 6.10 Å². The predicted molar refractivity (Wildman–Crippen MR) is 112 cm³/mol. The van der Waals surface area contributed by atoms with Gasteiger partial charge in [0, 0.05) is 0 Å². The number of hydrogen-bond acceptors (Lipinski definition) is 5. The Bertz CT molecular complexity index is 1260. The highest BCUT2D eigenvalue weighted by molar-refractivity contribution is 6.12. The Morgan fingerprint density at radius 2 is 1.39 bits per heavy atom. The van der Waals surface area contributed by atoms with E-state index in [2.05, 4.69) is 5.32 Å². The van der Waals surface area contributed by atoms with Crippen LogP contribution in [0.1, 0.15) is 42.7 Å². The number of rotatable bonds is 7. The third-order valence-electron chi connectivity index (χ3n) is 4.83. The van der Waals surface area contributed by atoms with Crippen LogP contribution in [-0.4, -0.2) is 44.9 Å². The van der Waals surface area contributed by atoms with Crippen LogP contribution in [-0.2, 0) is 0 Å². The third-order valence-corrected chi connectivity index (χ3v) is 4.83. The summed E-state index contributed by atoms with van der Waals surface area (Å²) in [5.41, 5.74) is -0.775. The smallest absolute Gasteiger partial charge is 0.337 e. The lowest BCUT2D eigenvalue weighted by Gasteiger charge is -2.14. The van der Waals surface area contributed by atoms with Crippen molar-refractivity contribution in [3.63, 3.8) is 0 Å². The van der Waals surface area contributed by atoms with Crippen molar-refractivity contribution in [3.8, 4) is 11.1 Å². The molecule has 33 heavy (non-hydrogen) atoms. The maximum Gasteiger partial charge on any atom is 0.337 e. The molecule has 0 radical (unpaired) electrons. The Morgan fingerprint density at radius 3 is 2.00 bits per heavy atom. The second-order valence-corrected chi connectivity index (χ2v) is 6.96. The molecular formula is C23H17F2NO7. The molecule has 3 aromatic rings. The van der Waals surface area contributed by atoms with E-state index in [1.807, 2.05) is 0 Å². The second kappa shape index (κ2) is 9.55. The van der Waals surface area contributed by atoms with E-state index in [4.69, 9.17) is 5.11 Å². The summed E-state index contributed by atoms with van der Waals surface area (Å²) in [4.78, 5) is 36.1. The van der Waals surface area contributed by atoms with Crippen LogP contribution in [0.3, 0.4) is 0 Å². The normalized spacial score (nSPS) is 11.6. The number of hydrogen-bond donors (Lipinski definition) is 5. The molecule has 0 saturated heterocycles. The third kappa shape index (κ3) is 5.03. The van der Waals surface area contributed by atoms with Crippen LogP contribution in [0.5, 0.6) is 0 Å². The average Bonchev–Trinajstić information content (AvgIpc) is 2.79. The zero-order valence-corrected chi connectivity index (χ0v) is 16.8. The Balaban J connectivity index is 2.03. The van der Waals surface area contributed by atoms with Gasteiger partial charge in [0.25, 0.3) is 5.91 Å². The first-order chi connectivity index (χ1) is 15.6. The summed E-state index contributed by atoms with van der Waals surface area (Å²) in [5.74, 6) is -6.01. The number of carbonyl (C=O) groups excluding carboxylic acids is 1. The summed E-state index contributed by atoms with van der Waals surface area (Å²) in [6.45, 7) is -0.663. The van der Waals surface area contributed by atoms with E-state index in [0.717, 1.165) is 30.3 Å². The molecule has 0 saturated carbocycles. The lowest BCUT2D eigenvalue weighted by Crippen LogP contribution is -2.19. The lowest BCUT2D eigenvalue weighted by molar-refractivity contribution is 0.0682. The summed E-state index contributed by atoms with van der Waals surface area (Å²) in [6, 6.07) is 10.2. The number of carbonyl (C=O) groups is 3. The first-order valence-corrected chi connectivity index (χ1v) is 9.42. The molecule has 0 aliphatic heterocycles. The molecule has 1 unspecified atom stereocenters. The largest absolute Gasteiger partial charge is 0.478 e. The number of halogens is 2. The van der Waals surface area contributed by atoms with E-state index < -0.39 is 47.8 Å². The number of carboxylic acid groups (broad SMARTS) is 2. The quantitative estimate of drug-likeness (QED) is 0.366. The highest BCUT2D eigenvalue weighted by Gasteiger charge is 2.21. The highest BCUT2D eigenvalue weighted by atomic mass is 19.2. The zero-order chi connectivity index (χ0) is 24.3. The Morgan fingerprint density at radius 1 is 0.788 bits per heavy atom. The highest BCUT2D eigenvalue weighted by Crippen LogP contribution is 2.28. The van der Waals surface area contributed by atoms with Gasteiger partial charge in [0.15, 0.2) is 11.6 Å². The standard InChI is InChI=1S/C23H17F2NO7/c24-17-6-3-11(8-18(17)25)12-1-5-15(22(30)31)19(9-12)26-21(29)14-4-2-13(20(28)10-27)7-16(14)23(32)33/h1-9,20,27-28H,10H2,(H,26,29)(H,30,31)(H,32,33). The van der Waals surface area contributed by atoms with Crippen LogP contribution >= 0.6 is 0 Å². The van der Waals surface area contributed by atoms with Crippen LogP contribution in [0.2, 0.25) is 0 Å². The summed E-state index contributed by atoms with van der Waals surface area (Å²) in [5, 5.41) is 40.0. The maximum absolute atomic E-state index is 13.6. The first kappa shape index (κ1) is 23.5. The van der Waals surface area contributed by atoms with Gasteiger partial charge >= 0.3 is 11.9 Å². The molecule has 170 valence electrons. The topological polar surface area (TPSA) is 144 Å². The molecule has 0 aliphatic rings. The van der Waals surface area contributed by atoms with E-state index in [-0.39, 0.29) is 33.5 Å². The molecule has 5 N–H and O–H groups in total. The summed E-state index contributed by atoms with van der Waals surface area (Å²) >= 11 is 0. The monoisotopic (exact) mass is 457 g/mol. The Kier molecular flexibility index (Phi) is 6.80. The summed E-state index contributed by atoms with van der Waals surface area (Å²) < 4.78 is 26.9.